The molecular formula is C34H30Cl2N8O4. The smallest absolute Gasteiger partial charge is 0.411 e. The molecule has 6 rings (SSSR count). The lowest BCUT2D eigenvalue weighted by atomic mass is 10.00. The van der Waals surface area contributed by atoms with Gasteiger partial charge >= 0.3 is 6.09 Å². The van der Waals surface area contributed by atoms with E-state index in [4.69, 9.17) is 32.7 Å². The molecule has 1 atom stereocenters. The molecule has 3 aromatic heterocycles. The van der Waals surface area contributed by atoms with Crippen molar-refractivity contribution in [3.8, 4) is 28.1 Å². The standard InChI is InChI=1S/C34H30Cl2N8O4/c1-21-16-24(27-18-25(35)10-13-28(27)43-20-37-41-42-43)17-31(45)44(21)29(22-6-4-3-5-7-22)19-30-39-32(33(36)40-30)23-8-11-26(12-9-23)38-34(46)48-15-14-47-2/h3-13,16-18,20,29H,14-15,19H2,1-2H3,(H,38,46)(H,39,40). The van der Waals surface area contributed by atoms with Gasteiger partial charge in [0.05, 0.1) is 24.0 Å². The number of amides is 1. The third-order valence-corrected chi connectivity index (χ3v) is 8.17. The zero-order valence-electron chi connectivity index (χ0n) is 25.9. The molecule has 244 valence electrons. The predicted molar refractivity (Wildman–Crippen MR) is 183 cm³/mol. The topological polar surface area (TPSA) is 142 Å². The molecule has 0 aliphatic carbocycles. The van der Waals surface area contributed by atoms with Crippen LogP contribution in [0.2, 0.25) is 10.2 Å². The molecule has 0 bridgehead atoms. The summed E-state index contributed by atoms with van der Waals surface area (Å²) in [5.41, 5.74) is 5.47. The number of rotatable bonds is 11. The summed E-state index contributed by atoms with van der Waals surface area (Å²) in [6.07, 6.45) is 1.26. The average Bonchev–Trinajstić information content (AvgIpc) is 3.75. The van der Waals surface area contributed by atoms with Crippen LogP contribution < -0.4 is 10.9 Å². The van der Waals surface area contributed by atoms with Crippen LogP contribution >= 0.6 is 23.2 Å². The number of methoxy groups -OCH3 is 1. The first-order valence-electron chi connectivity index (χ1n) is 14.9. The number of H-pyrrole nitrogens is 1. The lowest BCUT2D eigenvalue weighted by Crippen LogP contribution is -2.29. The highest BCUT2D eigenvalue weighted by Gasteiger charge is 2.22. The van der Waals surface area contributed by atoms with Gasteiger partial charge in [0.2, 0.25) is 0 Å². The number of carbonyl (C=O) groups excluding carboxylic acids is 1. The molecule has 1 amide bonds. The van der Waals surface area contributed by atoms with Gasteiger partial charge in [-0.25, -0.2) is 9.78 Å². The van der Waals surface area contributed by atoms with Crippen molar-refractivity contribution in [2.75, 3.05) is 25.6 Å². The zero-order chi connectivity index (χ0) is 33.6. The molecule has 0 saturated carbocycles. The SMILES string of the molecule is COCCOC(=O)Nc1ccc(-c2[nH]c(CC(c3ccccc3)n3c(C)cc(-c4cc(Cl)ccc4-n4cnnn4)cc3=O)nc2Cl)cc1. The van der Waals surface area contributed by atoms with Crippen LogP contribution in [0.4, 0.5) is 10.5 Å². The van der Waals surface area contributed by atoms with Crippen molar-refractivity contribution >= 4 is 35.0 Å². The van der Waals surface area contributed by atoms with Crippen LogP contribution in [-0.4, -0.2) is 61.2 Å². The minimum Gasteiger partial charge on any atom is -0.447 e. The number of nitrogens with one attached hydrogen (secondary N) is 2. The number of ether oxygens (including phenoxy) is 2. The number of aromatic nitrogens is 7. The van der Waals surface area contributed by atoms with E-state index in [1.165, 1.54) is 18.1 Å². The van der Waals surface area contributed by atoms with Gasteiger partial charge in [0.1, 0.15) is 18.8 Å². The fourth-order valence-electron chi connectivity index (χ4n) is 5.47. The molecule has 0 saturated heterocycles. The van der Waals surface area contributed by atoms with Crippen LogP contribution in [-0.2, 0) is 15.9 Å². The van der Waals surface area contributed by atoms with Crippen molar-refractivity contribution in [3.63, 3.8) is 0 Å². The highest BCUT2D eigenvalue weighted by molar-refractivity contribution is 6.32. The minimum atomic E-state index is -0.576. The number of anilines is 1. The van der Waals surface area contributed by atoms with Gasteiger partial charge < -0.3 is 19.0 Å². The lowest BCUT2D eigenvalue weighted by Gasteiger charge is -2.23. The molecule has 6 aromatic rings. The number of hydrogen-bond donors (Lipinski definition) is 2. The normalized spacial score (nSPS) is 11.8. The summed E-state index contributed by atoms with van der Waals surface area (Å²) >= 11 is 13.0. The third kappa shape index (κ3) is 7.31. The fourth-order valence-corrected chi connectivity index (χ4v) is 5.90. The molecular weight excluding hydrogens is 655 g/mol. The van der Waals surface area contributed by atoms with Crippen molar-refractivity contribution in [1.29, 1.82) is 0 Å². The predicted octanol–water partition coefficient (Wildman–Crippen LogP) is 6.52. The number of benzene rings is 3. The highest BCUT2D eigenvalue weighted by Crippen LogP contribution is 2.32. The Hall–Kier alpha value is -5.30. The molecule has 3 aromatic carbocycles. The summed E-state index contributed by atoms with van der Waals surface area (Å²) < 4.78 is 13.2. The highest BCUT2D eigenvalue weighted by atomic mass is 35.5. The zero-order valence-corrected chi connectivity index (χ0v) is 27.4. The number of imidazole rings is 1. The van der Waals surface area contributed by atoms with Crippen LogP contribution in [0.5, 0.6) is 0 Å². The van der Waals surface area contributed by atoms with Crippen molar-refractivity contribution < 1.29 is 14.3 Å². The van der Waals surface area contributed by atoms with E-state index in [2.05, 4.69) is 30.8 Å². The van der Waals surface area contributed by atoms with Crippen LogP contribution in [0.1, 0.15) is 23.1 Å². The van der Waals surface area contributed by atoms with Gasteiger partial charge in [-0.3, -0.25) is 10.1 Å². The molecule has 0 aliphatic rings. The molecule has 3 heterocycles. The number of halogens is 2. The van der Waals surface area contributed by atoms with E-state index >= 15 is 0 Å². The first kappa shape index (κ1) is 32.6. The lowest BCUT2D eigenvalue weighted by molar-refractivity contribution is 0.107. The van der Waals surface area contributed by atoms with E-state index in [0.29, 0.717) is 52.1 Å². The van der Waals surface area contributed by atoms with Crippen LogP contribution in [0.3, 0.4) is 0 Å². The van der Waals surface area contributed by atoms with E-state index in [1.54, 1.807) is 34.9 Å². The van der Waals surface area contributed by atoms with Crippen LogP contribution in [0, 0.1) is 6.92 Å². The second kappa shape index (κ2) is 14.6. The summed E-state index contributed by atoms with van der Waals surface area (Å²) in [6, 6.07) is 25.3. The third-order valence-electron chi connectivity index (χ3n) is 7.66. The molecule has 0 fully saturated rings. The summed E-state index contributed by atoms with van der Waals surface area (Å²) in [6.45, 7) is 2.35. The second-order valence-electron chi connectivity index (χ2n) is 10.8. The Morgan fingerprint density at radius 2 is 1.77 bits per heavy atom. The molecule has 12 nitrogen and oxygen atoms in total. The molecule has 48 heavy (non-hydrogen) atoms. The fraction of sp³-hybridized carbons (Fsp3) is 0.176. The van der Waals surface area contributed by atoms with E-state index in [0.717, 1.165) is 16.8 Å². The van der Waals surface area contributed by atoms with E-state index in [1.807, 2.05) is 61.5 Å². The molecule has 14 heteroatoms. The number of hydrogen-bond acceptors (Lipinski definition) is 8. The Labute approximate surface area is 285 Å². The number of nitrogens with zero attached hydrogens (tertiary/aromatic N) is 6. The number of aromatic amines is 1. The first-order valence-corrected chi connectivity index (χ1v) is 15.6. The molecule has 2 N–H and O–H groups in total. The van der Waals surface area contributed by atoms with Gasteiger partial charge in [-0.2, -0.15) is 4.68 Å². The Morgan fingerprint density at radius 3 is 2.48 bits per heavy atom. The van der Waals surface area contributed by atoms with Gasteiger partial charge in [0.15, 0.2) is 5.15 Å². The van der Waals surface area contributed by atoms with Crippen molar-refractivity contribution in [2.45, 2.75) is 19.4 Å². The van der Waals surface area contributed by atoms with Crippen LogP contribution in [0.25, 0.3) is 28.1 Å². The molecule has 0 radical (unpaired) electrons. The maximum Gasteiger partial charge on any atom is 0.411 e. The maximum absolute atomic E-state index is 14.0. The van der Waals surface area contributed by atoms with Gasteiger partial charge in [-0.15, -0.1) is 5.10 Å². The quantitative estimate of drug-likeness (QED) is 0.147. The second-order valence-corrected chi connectivity index (χ2v) is 11.6. The molecule has 1 unspecified atom stereocenters. The summed E-state index contributed by atoms with van der Waals surface area (Å²) in [5.74, 6) is 0.596. The van der Waals surface area contributed by atoms with Gasteiger partial charge in [-0.05, 0) is 64.9 Å². The van der Waals surface area contributed by atoms with Crippen molar-refractivity contribution in [2.24, 2.45) is 0 Å². The minimum absolute atomic E-state index is 0.150. The molecule has 0 spiro atoms. The Kier molecular flexibility index (Phi) is 9.95. The maximum atomic E-state index is 14.0. The molecule has 0 aliphatic heterocycles. The Morgan fingerprint density at radius 1 is 0.979 bits per heavy atom. The van der Waals surface area contributed by atoms with E-state index < -0.39 is 12.1 Å². The van der Waals surface area contributed by atoms with Gasteiger partial charge in [0, 0.05) is 47.1 Å². The Balaban J connectivity index is 1.30. The van der Waals surface area contributed by atoms with E-state index in [9.17, 15) is 9.59 Å². The van der Waals surface area contributed by atoms with Crippen LogP contribution in [0.15, 0.2) is 96.1 Å². The average molecular weight is 686 g/mol. The van der Waals surface area contributed by atoms with Gasteiger partial charge in [-0.1, -0.05) is 65.7 Å². The summed E-state index contributed by atoms with van der Waals surface area (Å²) in [4.78, 5) is 33.9. The number of carbonyl (C=O) groups is 1. The van der Waals surface area contributed by atoms with Gasteiger partial charge in [0.25, 0.3) is 5.56 Å². The largest absolute Gasteiger partial charge is 0.447 e. The number of aryl methyl sites for hydroxylation is 1. The number of tetrazole rings is 1. The van der Waals surface area contributed by atoms with Crippen molar-refractivity contribution in [1.82, 2.24) is 34.7 Å². The summed E-state index contributed by atoms with van der Waals surface area (Å²) in [7, 11) is 1.53. The van der Waals surface area contributed by atoms with E-state index in [-0.39, 0.29) is 17.3 Å². The first-order chi connectivity index (χ1) is 23.3. The van der Waals surface area contributed by atoms with Crippen molar-refractivity contribution in [3.05, 3.63) is 129 Å². The number of pyridine rings is 1. The Bertz CT molecular complexity index is 2080. The monoisotopic (exact) mass is 684 g/mol. The summed E-state index contributed by atoms with van der Waals surface area (Å²) in [5, 5.41) is 15.0.